The second-order valence-electron chi connectivity index (χ2n) is 4.29. The second kappa shape index (κ2) is 5.42. The highest BCUT2D eigenvalue weighted by Gasteiger charge is 2.22. The van der Waals surface area contributed by atoms with E-state index in [0.29, 0.717) is 10.5 Å². The van der Waals surface area contributed by atoms with Gasteiger partial charge in [0.15, 0.2) is 0 Å². The molecule has 2 N–H and O–H groups in total. The molecule has 1 saturated heterocycles. The molecule has 0 atom stereocenters. The van der Waals surface area contributed by atoms with E-state index >= 15 is 0 Å². The zero-order chi connectivity index (χ0) is 12.4. The van der Waals surface area contributed by atoms with Gasteiger partial charge in [-0.05, 0) is 31.0 Å². The largest absolute Gasteiger partial charge is 0.338 e. The summed E-state index contributed by atoms with van der Waals surface area (Å²) in [6.45, 7) is 1.48. The summed E-state index contributed by atoms with van der Waals surface area (Å²) in [6, 6.07) is 5.75. The normalized spacial score (nSPS) is 17.2. The molecular weight excluding hydrogens is 300 g/mol. The van der Waals surface area contributed by atoms with Crippen LogP contribution in [0.4, 0.5) is 0 Å². The Hall–Kier alpha value is -0.520. The number of likely N-dealkylation sites (tertiary alicyclic amines) is 1. The van der Waals surface area contributed by atoms with Gasteiger partial charge >= 0.3 is 0 Å². The molecule has 2 rings (SSSR count). The van der Waals surface area contributed by atoms with Crippen LogP contribution in [0.1, 0.15) is 23.2 Å². The van der Waals surface area contributed by atoms with Crippen molar-refractivity contribution in [1.29, 1.82) is 0 Å². The lowest BCUT2D eigenvalue weighted by molar-refractivity contribution is 0.0711. The summed E-state index contributed by atoms with van der Waals surface area (Å²) in [5, 5.41) is 0. The average molecular weight is 315 g/mol. The first kappa shape index (κ1) is 12.9. The molecule has 1 aromatic carbocycles. The first-order chi connectivity index (χ1) is 8.08. The van der Waals surface area contributed by atoms with E-state index in [1.165, 1.54) is 0 Å². The molecular formula is C12H15BrN2OS. The van der Waals surface area contributed by atoms with E-state index in [9.17, 15) is 4.79 Å². The summed E-state index contributed by atoms with van der Waals surface area (Å²) in [7, 11) is 0. The van der Waals surface area contributed by atoms with Crippen molar-refractivity contribution in [3.63, 3.8) is 0 Å². The van der Waals surface area contributed by atoms with Crippen LogP contribution in [0.3, 0.4) is 0 Å². The van der Waals surface area contributed by atoms with Crippen LogP contribution >= 0.6 is 28.6 Å². The van der Waals surface area contributed by atoms with E-state index < -0.39 is 0 Å². The third-order valence-corrected chi connectivity index (χ3v) is 3.88. The highest BCUT2D eigenvalue weighted by molar-refractivity contribution is 9.10. The molecule has 0 radical (unpaired) electrons. The van der Waals surface area contributed by atoms with Gasteiger partial charge in [-0.3, -0.25) is 4.79 Å². The maximum Gasteiger partial charge on any atom is 0.254 e. The lowest BCUT2D eigenvalue weighted by atomic mass is 10.0. The summed E-state index contributed by atoms with van der Waals surface area (Å²) in [5.74, 6) is 0.0504. The smallest absolute Gasteiger partial charge is 0.254 e. The first-order valence-electron chi connectivity index (χ1n) is 5.61. The third-order valence-electron chi connectivity index (χ3n) is 3.02. The minimum absolute atomic E-state index is 0.0504. The summed E-state index contributed by atoms with van der Waals surface area (Å²) < 4.78 is 0.930. The predicted molar refractivity (Wildman–Crippen MR) is 74.5 cm³/mol. The Bertz CT molecular complexity index is 431. The number of carbonyl (C=O) groups excluding carboxylic acids is 1. The van der Waals surface area contributed by atoms with Crippen molar-refractivity contribution in [2.75, 3.05) is 13.1 Å². The van der Waals surface area contributed by atoms with Gasteiger partial charge in [0.2, 0.25) is 0 Å². The number of thiol groups is 1. The fourth-order valence-electron chi connectivity index (χ4n) is 1.96. The van der Waals surface area contributed by atoms with E-state index in [4.69, 9.17) is 5.73 Å². The molecule has 17 heavy (non-hydrogen) atoms. The van der Waals surface area contributed by atoms with Crippen molar-refractivity contribution >= 4 is 34.5 Å². The number of rotatable bonds is 1. The van der Waals surface area contributed by atoms with Gasteiger partial charge in [-0.15, -0.1) is 12.6 Å². The molecule has 5 heteroatoms. The molecule has 92 valence electrons. The molecule has 0 bridgehead atoms. The Labute approximate surface area is 115 Å². The van der Waals surface area contributed by atoms with Crippen LogP contribution < -0.4 is 5.73 Å². The molecule has 1 aromatic rings. The lowest BCUT2D eigenvalue weighted by Gasteiger charge is -2.30. The topological polar surface area (TPSA) is 46.3 Å². The number of carbonyl (C=O) groups is 1. The summed E-state index contributed by atoms with van der Waals surface area (Å²) >= 11 is 7.70. The molecule has 0 saturated carbocycles. The van der Waals surface area contributed by atoms with E-state index in [1.807, 2.05) is 23.1 Å². The van der Waals surface area contributed by atoms with Gasteiger partial charge in [-0.1, -0.05) is 15.9 Å². The number of benzene rings is 1. The van der Waals surface area contributed by atoms with Crippen LogP contribution in [0.25, 0.3) is 0 Å². The van der Waals surface area contributed by atoms with Crippen molar-refractivity contribution in [1.82, 2.24) is 4.90 Å². The van der Waals surface area contributed by atoms with Crippen LogP contribution in [0, 0.1) is 0 Å². The molecule has 1 heterocycles. The SMILES string of the molecule is NC1CCN(C(=O)c2ccc(Br)cc2S)CC1. The molecule has 0 spiro atoms. The molecule has 1 amide bonds. The molecule has 1 aliphatic heterocycles. The van der Waals surface area contributed by atoms with Gasteiger partial charge in [0.1, 0.15) is 0 Å². The Balaban J connectivity index is 2.14. The maximum atomic E-state index is 12.3. The number of nitrogens with two attached hydrogens (primary N) is 1. The van der Waals surface area contributed by atoms with Crippen molar-refractivity contribution in [2.45, 2.75) is 23.8 Å². The van der Waals surface area contributed by atoms with Gasteiger partial charge in [0.05, 0.1) is 5.56 Å². The molecule has 0 aliphatic carbocycles. The fourth-order valence-corrected chi connectivity index (χ4v) is 2.81. The van der Waals surface area contributed by atoms with Gasteiger partial charge in [0, 0.05) is 28.5 Å². The van der Waals surface area contributed by atoms with Crippen LogP contribution in [0.15, 0.2) is 27.6 Å². The molecule has 1 aliphatic rings. The van der Waals surface area contributed by atoms with E-state index in [1.54, 1.807) is 0 Å². The summed E-state index contributed by atoms with van der Waals surface area (Å²) in [5.41, 5.74) is 6.49. The predicted octanol–water partition coefficient (Wildman–Crippen LogP) is 2.30. The number of piperidine rings is 1. The van der Waals surface area contributed by atoms with Crippen LogP contribution in [-0.2, 0) is 0 Å². The van der Waals surface area contributed by atoms with E-state index in [-0.39, 0.29) is 11.9 Å². The molecule has 0 unspecified atom stereocenters. The minimum atomic E-state index is 0.0504. The van der Waals surface area contributed by atoms with Gasteiger partial charge in [0.25, 0.3) is 5.91 Å². The van der Waals surface area contributed by atoms with Crippen LogP contribution in [-0.4, -0.2) is 29.9 Å². The van der Waals surface area contributed by atoms with E-state index in [2.05, 4.69) is 28.6 Å². The summed E-state index contributed by atoms with van der Waals surface area (Å²) in [4.78, 5) is 14.8. The van der Waals surface area contributed by atoms with Crippen LogP contribution in [0.5, 0.6) is 0 Å². The molecule has 0 aromatic heterocycles. The van der Waals surface area contributed by atoms with Crippen molar-refractivity contribution < 1.29 is 4.79 Å². The number of hydrogen-bond donors (Lipinski definition) is 2. The first-order valence-corrected chi connectivity index (χ1v) is 6.85. The lowest BCUT2D eigenvalue weighted by Crippen LogP contribution is -2.42. The van der Waals surface area contributed by atoms with Crippen molar-refractivity contribution in [2.24, 2.45) is 5.73 Å². The quantitative estimate of drug-likeness (QED) is 0.781. The Morgan fingerprint density at radius 3 is 2.65 bits per heavy atom. The van der Waals surface area contributed by atoms with Gasteiger partial charge in [-0.2, -0.15) is 0 Å². The Morgan fingerprint density at radius 2 is 2.06 bits per heavy atom. The molecule has 1 fully saturated rings. The Kier molecular flexibility index (Phi) is 4.12. The van der Waals surface area contributed by atoms with Crippen LogP contribution in [0.2, 0.25) is 0 Å². The zero-order valence-corrected chi connectivity index (χ0v) is 11.9. The number of hydrogen-bond acceptors (Lipinski definition) is 3. The monoisotopic (exact) mass is 314 g/mol. The fraction of sp³-hybridized carbons (Fsp3) is 0.417. The van der Waals surface area contributed by atoms with E-state index in [0.717, 1.165) is 30.4 Å². The highest BCUT2D eigenvalue weighted by atomic mass is 79.9. The second-order valence-corrected chi connectivity index (χ2v) is 5.69. The molecule has 3 nitrogen and oxygen atoms in total. The van der Waals surface area contributed by atoms with Gasteiger partial charge in [-0.25, -0.2) is 0 Å². The maximum absolute atomic E-state index is 12.3. The standard InChI is InChI=1S/C12H15BrN2OS/c13-8-1-2-10(11(17)7-8)12(16)15-5-3-9(14)4-6-15/h1-2,7,9,17H,3-6,14H2. The number of halogens is 1. The van der Waals surface area contributed by atoms with Crippen molar-refractivity contribution in [3.8, 4) is 0 Å². The highest BCUT2D eigenvalue weighted by Crippen LogP contribution is 2.22. The van der Waals surface area contributed by atoms with Gasteiger partial charge < -0.3 is 10.6 Å². The average Bonchev–Trinajstić information content (AvgIpc) is 2.29. The third kappa shape index (κ3) is 3.03. The van der Waals surface area contributed by atoms with Crippen molar-refractivity contribution in [3.05, 3.63) is 28.2 Å². The number of amides is 1. The summed E-state index contributed by atoms with van der Waals surface area (Å²) in [6.07, 6.45) is 1.76. The Morgan fingerprint density at radius 1 is 1.41 bits per heavy atom. The zero-order valence-electron chi connectivity index (χ0n) is 9.40. The minimum Gasteiger partial charge on any atom is -0.338 e. The number of nitrogens with zero attached hydrogens (tertiary/aromatic N) is 1.